The Hall–Kier alpha value is -0.0300. The number of halogens is 1. The highest BCUT2D eigenvalue weighted by atomic mass is 79.9. The first kappa shape index (κ1) is 17.0. The highest BCUT2D eigenvalue weighted by Crippen LogP contribution is 2.26. The molecule has 1 N–H and O–H groups in total. The molecular formula is C15H25BrN2S. The lowest BCUT2D eigenvalue weighted by atomic mass is 10.2. The van der Waals surface area contributed by atoms with Gasteiger partial charge >= 0.3 is 0 Å². The van der Waals surface area contributed by atoms with E-state index >= 15 is 0 Å². The molecule has 0 atom stereocenters. The molecule has 0 saturated carbocycles. The molecule has 0 bridgehead atoms. The molecule has 0 saturated heterocycles. The summed E-state index contributed by atoms with van der Waals surface area (Å²) in [6, 6.07) is 6.58. The molecule has 0 aliphatic rings. The summed E-state index contributed by atoms with van der Waals surface area (Å²) in [6.07, 6.45) is 0. The third-order valence-electron chi connectivity index (χ3n) is 3.15. The molecule has 19 heavy (non-hydrogen) atoms. The van der Waals surface area contributed by atoms with Gasteiger partial charge in [0.15, 0.2) is 0 Å². The standard InChI is InChI=1S/C15H25BrN2S/c1-4-17-12-13-11-14(16)7-8-15(13)19-10-9-18(5-2)6-3/h7-8,11,17H,4-6,9-10,12H2,1-3H3. The van der Waals surface area contributed by atoms with Gasteiger partial charge in [0.05, 0.1) is 0 Å². The van der Waals surface area contributed by atoms with E-state index in [1.54, 1.807) is 0 Å². The van der Waals surface area contributed by atoms with Crippen molar-refractivity contribution in [2.75, 3.05) is 31.9 Å². The molecule has 1 aromatic carbocycles. The Morgan fingerprint density at radius 2 is 1.95 bits per heavy atom. The average molecular weight is 345 g/mol. The van der Waals surface area contributed by atoms with Gasteiger partial charge in [-0.15, -0.1) is 11.8 Å². The molecule has 0 fully saturated rings. The van der Waals surface area contributed by atoms with Gasteiger partial charge in [-0.3, -0.25) is 0 Å². The van der Waals surface area contributed by atoms with Crippen LogP contribution >= 0.6 is 27.7 Å². The van der Waals surface area contributed by atoms with Crippen LogP contribution in [0.15, 0.2) is 27.6 Å². The number of benzene rings is 1. The number of hydrogen-bond acceptors (Lipinski definition) is 3. The fourth-order valence-electron chi connectivity index (χ4n) is 1.91. The predicted octanol–water partition coefficient (Wildman–Crippen LogP) is 3.99. The van der Waals surface area contributed by atoms with Crippen LogP contribution < -0.4 is 5.32 Å². The van der Waals surface area contributed by atoms with E-state index in [-0.39, 0.29) is 0 Å². The zero-order valence-electron chi connectivity index (χ0n) is 12.2. The average Bonchev–Trinajstić information content (AvgIpc) is 2.43. The molecule has 0 unspecified atom stereocenters. The van der Waals surface area contributed by atoms with Crippen LogP contribution in [0.2, 0.25) is 0 Å². The molecule has 0 spiro atoms. The fraction of sp³-hybridized carbons (Fsp3) is 0.600. The second kappa shape index (κ2) is 9.81. The lowest BCUT2D eigenvalue weighted by Gasteiger charge is -2.18. The molecule has 0 aliphatic carbocycles. The second-order valence-corrected chi connectivity index (χ2v) is 6.46. The van der Waals surface area contributed by atoms with Crippen molar-refractivity contribution in [2.24, 2.45) is 0 Å². The molecule has 108 valence electrons. The summed E-state index contributed by atoms with van der Waals surface area (Å²) >= 11 is 5.52. The maximum atomic E-state index is 3.56. The Morgan fingerprint density at radius 1 is 1.21 bits per heavy atom. The minimum atomic E-state index is 0.948. The van der Waals surface area contributed by atoms with Crippen molar-refractivity contribution < 1.29 is 0 Å². The van der Waals surface area contributed by atoms with Gasteiger partial charge in [-0.1, -0.05) is 36.7 Å². The first-order valence-electron chi connectivity index (χ1n) is 7.05. The summed E-state index contributed by atoms with van der Waals surface area (Å²) in [5.41, 5.74) is 1.39. The Bertz CT molecular complexity index is 367. The third-order valence-corrected chi connectivity index (χ3v) is 4.74. The smallest absolute Gasteiger partial charge is 0.0216 e. The van der Waals surface area contributed by atoms with E-state index in [0.29, 0.717) is 0 Å². The van der Waals surface area contributed by atoms with Gasteiger partial charge < -0.3 is 10.2 Å². The number of nitrogens with one attached hydrogen (secondary N) is 1. The highest BCUT2D eigenvalue weighted by molar-refractivity contribution is 9.10. The van der Waals surface area contributed by atoms with Crippen molar-refractivity contribution in [3.8, 4) is 0 Å². The van der Waals surface area contributed by atoms with Crippen molar-refractivity contribution >= 4 is 27.7 Å². The van der Waals surface area contributed by atoms with Gasteiger partial charge in [0.1, 0.15) is 0 Å². The Kier molecular flexibility index (Phi) is 8.79. The van der Waals surface area contributed by atoms with Crippen LogP contribution in [0.25, 0.3) is 0 Å². The fourth-order valence-corrected chi connectivity index (χ4v) is 3.37. The van der Waals surface area contributed by atoms with Crippen LogP contribution in [0.3, 0.4) is 0 Å². The molecule has 1 aromatic rings. The Labute approximate surface area is 130 Å². The zero-order chi connectivity index (χ0) is 14.1. The number of rotatable bonds is 9. The number of thioether (sulfide) groups is 1. The lowest BCUT2D eigenvalue weighted by molar-refractivity contribution is 0.324. The highest BCUT2D eigenvalue weighted by Gasteiger charge is 2.05. The third kappa shape index (κ3) is 6.30. The van der Waals surface area contributed by atoms with Crippen LogP contribution in [0.5, 0.6) is 0 Å². The van der Waals surface area contributed by atoms with Gasteiger partial charge in [0, 0.05) is 28.2 Å². The van der Waals surface area contributed by atoms with E-state index in [4.69, 9.17) is 0 Å². The molecule has 0 aliphatic heterocycles. The Balaban J connectivity index is 2.56. The topological polar surface area (TPSA) is 15.3 Å². The van der Waals surface area contributed by atoms with Crippen LogP contribution in [-0.4, -0.2) is 36.8 Å². The monoisotopic (exact) mass is 344 g/mol. The van der Waals surface area contributed by atoms with Gasteiger partial charge in [-0.05, 0) is 43.4 Å². The van der Waals surface area contributed by atoms with Crippen LogP contribution in [-0.2, 0) is 6.54 Å². The number of nitrogens with zero attached hydrogens (tertiary/aromatic N) is 1. The minimum absolute atomic E-state index is 0.948. The summed E-state index contributed by atoms with van der Waals surface area (Å²) < 4.78 is 1.16. The first-order valence-corrected chi connectivity index (χ1v) is 8.83. The maximum absolute atomic E-state index is 3.56. The maximum Gasteiger partial charge on any atom is 0.0216 e. The van der Waals surface area contributed by atoms with Crippen molar-refractivity contribution in [1.82, 2.24) is 10.2 Å². The summed E-state index contributed by atoms with van der Waals surface area (Å²) in [7, 11) is 0. The van der Waals surface area contributed by atoms with Crippen LogP contribution in [0.4, 0.5) is 0 Å². The summed E-state index contributed by atoms with van der Waals surface area (Å²) in [6.45, 7) is 12.0. The van der Waals surface area contributed by atoms with Gasteiger partial charge in [-0.25, -0.2) is 0 Å². The SMILES string of the molecule is CCNCc1cc(Br)ccc1SCCN(CC)CC. The van der Waals surface area contributed by atoms with E-state index in [1.165, 1.54) is 10.5 Å². The number of hydrogen-bond donors (Lipinski definition) is 1. The molecule has 0 aromatic heterocycles. The lowest BCUT2D eigenvalue weighted by Crippen LogP contribution is -2.25. The minimum Gasteiger partial charge on any atom is -0.313 e. The van der Waals surface area contributed by atoms with Gasteiger partial charge in [-0.2, -0.15) is 0 Å². The van der Waals surface area contributed by atoms with Crippen molar-refractivity contribution in [1.29, 1.82) is 0 Å². The first-order chi connectivity index (χ1) is 9.21. The second-order valence-electron chi connectivity index (χ2n) is 4.41. The van der Waals surface area contributed by atoms with E-state index < -0.39 is 0 Å². The Morgan fingerprint density at radius 3 is 2.58 bits per heavy atom. The van der Waals surface area contributed by atoms with Crippen LogP contribution in [0, 0.1) is 0 Å². The quantitative estimate of drug-likeness (QED) is 0.681. The largest absolute Gasteiger partial charge is 0.313 e. The zero-order valence-corrected chi connectivity index (χ0v) is 14.6. The van der Waals surface area contributed by atoms with Gasteiger partial charge in [0.25, 0.3) is 0 Å². The van der Waals surface area contributed by atoms with E-state index in [0.717, 1.165) is 42.9 Å². The van der Waals surface area contributed by atoms with Gasteiger partial charge in [0.2, 0.25) is 0 Å². The van der Waals surface area contributed by atoms with E-state index in [2.05, 4.69) is 65.1 Å². The molecule has 0 heterocycles. The molecule has 2 nitrogen and oxygen atoms in total. The molecular weight excluding hydrogens is 320 g/mol. The predicted molar refractivity (Wildman–Crippen MR) is 90.0 cm³/mol. The van der Waals surface area contributed by atoms with Crippen molar-refractivity contribution in [3.05, 3.63) is 28.2 Å². The summed E-state index contributed by atoms with van der Waals surface area (Å²) in [4.78, 5) is 3.87. The normalized spacial score (nSPS) is 11.2. The molecule has 4 heteroatoms. The van der Waals surface area contributed by atoms with E-state index in [1.807, 2.05) is 11.8 Å². The van der Waals surface area contributed by atoms with E-state index in [9.17, 15) is 0 Å². The summed E-state index contributed by atoms with van der Waals surface area (Å²) in [5.74, 6) is 1.16. The van der Waals surface area contributed by atoms with Crippen LogP contribution in [0.1, 0.15) is 26.3 Å². The molecule has 1 rings (SSSR count). The van der Waals surface area contributed by atoms with Crippen molar-refractivity contribution in [2.45, 2.75) is 32.2 Å². The molecule has 0 amide bonds. The summed E-state index contributed by atoms with van der Waals surface area (Å²) in [5, 5.41) is 3.41. The molecule has 0 radical (unpaired) electrons. The van der Waals surface area contributed by atoms with Crippen molar-refractivity contribution in [3.63, 3.8) is 0 Å².